The molecule has 4 nitrogen and oxygen atoms in total. The second-order valence-electron chi connectivity index (χ2n) is 6.11. The van der Waals surface area contributed by atoms with Crippen molar-refractivity contribution in [2.45, 2.75) is 52.1 Å². The van der Waals surface area contributed by atoms with Crippen LogP contribution in [-0.2, 0) is 4.79 Å². The Kier molecular flexibility index (Phi) is 5.59. The molecule has 2 rings (SSSR count). The molecule has 0 saturated heterocycles. The molecule has 4 atom stereocenters. The van der Waals surface area contributed by atoms with Crippen molar-refractivity contribution in [3.63, 3.8) is 0 Å². The number of carbonyl (C=O) groups excluding carboxylic acids is 1. The van der Waals surface area contributed by atoms with Crippen LogP contribution in [0.3, 0.4) is 0 Å². The summed E-state index contributed by atoms with van der Waals surface area (Å²) in [6, 6.07) is 3.60. The van der Waals surface area contributed by atoms with E-state index in [2.05, 4.69) is 29.5 Å². The fraction of sp³-hybridized carbons (Fsp3) is 0.625. The summed E-state index contributed by atoms with van der Waals surface area (Å²) < 4.78 is 0. The van der Waals surface area contributed by atoms with Crippen LogP contribution < -0.4 is 10.6 Å². The van der Waals surface area contributed by atoms with E-state index in [1.807, 2.05) is 6.92 Å². The number of hydrogen-bond acceptors (Lipinski definition) is 3. The number of hydrogen-bond donors (Lipinski definition) is 2. The van der Waals surface area contributed by atoms with Gasteiger partial charge in [0.05, 0.1) is 11.1 Å². The minimum Gasteiger partial charge on any atom is -0.309 e. The summed E-state index contributed by atoms with van der Waals surface area (Å²) in [6.07, 6.45) is 5.19. The Hall–Kier alpha value is -1.13. The van der Waals surface area contributed by atoms with Crippen LogP contribution in [0.1, 0.15) is 40.0 Å². The summed E-state index contributed by atoms with van der Waals surface area (Å²) in [4.78, 5) is 16.3. The first-order chi connectivity index (χ1) is 9.97. The van der Waals surface area contributed by atoms with Crippen LogP contribution in [0.4, 0.5) is 5.82 Å². The van der Waals surface area contributed by atoms with Gasteiger partial charge in [0.25, 0.3) is 0 Å². The summed E-state index contributed by atoms with van der Waals surface area (Å²) in [5.74, 6) is 1.78. The molecule has 116 valence electrons. The number of nitrogens with zero attached hydrogens (tertiary/aromatic N) is 1. The van der Waals surface area contributed by atoms with Crippen molar-refractivity contribution >= 4 is 23.3 Å². The summed E-state index contributed by atoms with van der Waals surface area (Å²) in [6.45, 7) is 6.46. The van der Waals surface area contributed by atoms with Gasteiger partial charge >= 0.3 is 0 Å². The van der Waals surface area contributed by atoms with Crippen molar-refractivity contribution in [1.82, 2.24) is 10.3 Å². The third-order valence-electron chi connectivity index (χ3n) is 4.54. The zero-order valence-electron chi connectivity index (χ0n) is 12.9. The van der Waals surface area contributed by atoms with Crippen molar-refractivity contribution in [3.05, 3.63) is 23.4 Å². The molecule has 1 aromatic rings. The van der Waals surface area contributed by atoms with Gasteiger partial charge in [-0.05, 0) is 37.3 Å². The predicted octanol–water partition coefficient (Wildman–Crippen LogP) is 3.48. The Labute approximate surface area is 131 Å². The van der Waals surface area contributed by atoms with Crippen molar-refractivity contribution in [3.8, 4) is 0 Å². The van der Waals surface area contributed by atoms with E-state index in [0.29, 0.717) is 28.7 Å². The molecule has 4 unspecified atom stereocenters. The van der Waals surface area contributed by atoms with Gasteiger partial charge in [0.1, 0.15) is 5.82 Å². The fourth-order valence-electron chi connectivity index (χ4n) is 2.90. The Bertz CT molecular complexity index is 477. The standard InChI is InChI=1S/C16H24ClN3O/c1-10-5-4-6-14(11(10)2)19-12(3)16(21)20-15-8-7-13(17)9-18-15/h7-12,14,19H,4-6H2,1-3H3,(H,18,20,21). The molecule has 1 heterocycles. The number of halogens is 1. The lowest BCUT2D eigenvalue weighted by molar-refractivity contribution is -0.118. The molecule has 0 radical (unpaired) electrons. The Morgan fingerprint density at radius 1 is 1.38 bits per heavy atom. The third-order valence-corrected chi connectivity index (χ3v) is 4.77. The highest BCUT2D eigenvalue weighted by Gasteiger charge is 2.29. The summed E-state index contributed by atoms with van der Waals surface area (Å²) in [5, 5.41) is 6.84. The van der Waals surface area contributed by atoms with E-state index >= 15 is 0 Å². The van der Waals surface area contributed by atoms with Gasteiger partial charge in [-0.15, -0.1) is 0 Å². The van der Waals surface area contributed by atoms with Crippen molar-refractivity contribution < 1.29 is 4.79 Å². The number of anilines is 1. The van der Waals surface area contributed by atoms with E-state index in [9.17, 15) is 4.79 Å². The van der Waals surface area contributed by atoms with Gasteiger partial charge in [0.2, 0.25) is 5.91 Å². The average Bonchev–Trinajstić information content (AvgIpc) is 2.46. The maximum atomic E-state index is 12.2. The van der Waals surface area contributed by atoms with E-state index in [1.54, 1.807) is 12.1 Å². The maximum Gasteiger partial charge on any atom is 0.242 e. The summed E-state index contributed by atoms with van der Waals surface area (Å²) in [7, 11) is 0. The topological polar surface area (TPSA) is 54.0 Å². The van der Waals surface area contributed by atoms with E-state index in [0.717, 1.165) is 6.42 Å². The highest BCUT2D eigenvalue weighted by atomic mass is 35.5. The second-order valence-corrected chi connectivity index (χ2v) is 6.55. The van der Waals surface area contributed by atoms with Gasteiger partial charge in [-0.1, -0.05) is 38.3 Å². The molecule has 0 aliphatic heterocycles. The lowest BCUT2D eigenvalue weighted by Gasteiger charge is -2.36. The van der Waals surface area contributed by atoms with Crippen LogP contribution in [0.15, 0.2) is 18.3 Å². The smallest absolute Gasteiger partial charge is 0.242 e. The molecule has 1 aliphatic rings. The predicted molar refractivity (Wildman–Crippen MR) is 86.4 cm³/mol. The first-order valence-electron chi connectivity index (χ1n) is 7.66. The highest BCUT2D eigenvalue weighted by Crippen LogP contribution is 2.29. The molecule has 0 spiro atoms. The molecule has 0 aromatic carbocycles. The van der Waals surface area contributed by atoms with Gasteiger partial charge in [-0.2, -0.15) is 0 Å². The molecule has 21 heavy (non-hydrogen) atoms. The van der Waals surface area contributed by atoms with Crippen LogP contribution in [0.25, 0.3) is 0 Å². The highest BCUT2D eigenvalue weighted by molar-refractivity contribution is 6.30. The summed E-state index contributed by atoms with van der Waals surface area (Å²) in [5.41, 5.74) is 0. The van der Waals surface area contributed by atoms with Crippen molar-refractivity contribution in [2.24, 2.45) is 11.8 Å². The second kappa shape index (κ2) is 7.23. The number of carbonyl (C=O) groups is 1. The zero-order chi connectivity index (χ0) is 15.4. The molecule has 0 bridgehead atoms. The first-order valence-corrected chi connectivity index (χ1v) is 8.03. The zero-order valence-corrected chi connectivity index (χ0v) is 13.7. The normalized spacial score (nSPS) is 27.1. The van der Waals surface area contributed by atoms with Crippen LogP contribution >= 0.6 is 11.6 Å². The lowest BCUT2D eigenvalue weighted by Crippen LogP contribution is -2.49. The van der Waals surface area contributed by atoms with Gasteiger partial charge in [0, 0.05) is 12.2 Å². The molecular formula is C16H24ClN3O. The molecule has 1 aliphatic carbocycles. The van der Waals surface area contributed by atoms with Crippen LogP contribution in [0.2, 0.25) is 5.02 Å². The molecule has 1 saturated carbocycles. The van der Waals surface area contributed by atoms with Crippen molar-refractivity contribution in [2.75, 3.05) is 5.32 Å². The van der Waals surface area contributed by atoms with E-state index in [-0.39, 0.29) is 11.9 Å². The molecular weight excluding hydrogens is 286 g/mol. The van der Waals surface area contributed by atoms with Crippen LogP contribution in [-0.4, -0.2) is 23.0 Å². The number of aromatic nitrogens is 1. The maximum absolute atomic E-state index is 12.2. The lowest BCUT2D eigenvalue weighted by atomic mass is 9.78. The molecule has 5 heteroatoms. The molecule has 1 fully saturated rings. The monoisotopic (exact) mass is 309 g/mol. The minimum absolute atomic E-state index is 0.0600. The fourth-order valence-corrected chi connectivity index (χ4v) is 3.01. The van der Waals surface area contributed by atoms with Crippen LogP contribution in [0, 0.1) is 11.8 Å². The van der Waals surface area contributed by atoms with Gasteiger partial charge in [-0.25, -0.2) is 4.98 Å². The minimum atomic E-state index is -0.236. The van der Waals surface area contributed by atoms with E-state index in [1.165, 1.54) is 19.0 Å². The number of nitrogens with one attached hydrogen (secondary N) is 2. The number of amides is 1. The van der Waals surface area contributed by atoms with Gasteiger partial charge in [-0.3, -0.25) is 4.79 Å². The molecule has 2 N–H and O–H groups in total. The van der Waals surface area contributed by atoms with Gasteiger partial charge in [0.15, 0.2) is 0 Å². The SMILES string of the molecule is CC(NC1CCCC(C)C1C)C(=O)Nc1ccc(Cl)cn1. The number of rotatable bonds is 4. The van der Waals surface area contributed by atoms with Crippen LogP contribution in [0.5, 0.6) is 0 Å². The van der Waals surface area contributed by atoms with E-state index < -0.39 is 0 Å². The Morgan fingerprint density at radius 3 is 2.81 bits per heavy atom. The molecule has 1 amide bonds. The first kappa shape index (κ1) is 16.2. The van der Waals surface area contributed by atoms with E-state index in [4.69, 9.17) is 11.6 Å². The average molecular weight is 310 g/mol. The third kappa shape index (κ3) is 4.42. The molecule has 1 aromatic heterocycles. The largest absolute Gasteiger partial charge is 0.309 e. The Morgan fingerprint density at radius 2 is 2.14 bits per heavy atom. The summed E-state index contributed by atoms with van der Waals surface area (Å²) >= 11 is 5.78. The quantitative estimate of drug-likeness (QED) is 0.895. The Balaban J connectivity index is 1.88. The van der Waals surface area contributed by atoms with Gasteiger partial charge < -0.3 is 10.6 Å². The number of pyridine rings is 1. The van der Waals surface area contributed by atoms with Crippen molar-refractivity contribution in [1.29, 1.82) is 0 Å².